The molecule has 0 fully saturated rings. The first-order chi connectivity index (χ1) is 5.92. The molecule has 3 nitrogen and oxygen atoms in total. The van der Waals surface area contributed by atoms with E-state index in [-0.39, 0.29) is 5.54 Å². The fraction of sp³-hybridized carbons (Fsp3) is 0.222. The molecule has 1 unspecified atom stereocenters. The summed E-state index contributed by atoms with van der Waals surface area (Å²) >= 11 is 0. The number of nitrogens with one attached hydrogen (secondary N) is 1. The summed E-state index contributed by atoms with van der Waals surface area (Å²) in [6, 6.07) is 0. The van der Waals surface area contributed by atoms with Gasteiger partial charge in [0.25, 0.3) is 0 Å². The van der Waals surface area contributed by atoms with Gasteiger partial charge in [-0.25, -0.2) is 4.99 Å². The number of hydrazine groups is 1. The molecule has 0 radical (unpaired) electrons. The summed E-state index contributed by atoms with van der Waals surface area (Å²) in [6.07, 6.45) is 13.3. The molecule has 2 heterocycles. The third-order valence-electron chi connectivity index (χ3n) is 2.58. The number of aliphatic imine (C=N–C) groups is 1. The lowest BCUT2D eigenvalue weighted by Crippen LogP contribution is -2.45. The van der Waals surface area contributed by atoms with Crippen molar-refractivity contribution >= 4 is 6.34 Å². The minimum absolute atomic E-state index is 0.00521. The summed E-state index contributed by atoms with van der Waals surface area (Å²) in [4.78, 5) is 4.33. The molecule has 1 atom stereocenters. The van der Waals surface area contributed by atoms with Crippen molar-refractivity contribution in [1.82, 2.24) is 10.4 Å². The summed E-state index contributed by atoms with van der Waals surface area (Å²) in [7, 11) is 0. The van der Waals surface area contributed by atoms with Crippen molar-refractivity contribution in [2.75, 3.05) is 0 Å². The van der Waals surface area contributed by atoms with E-state index in [1.54, 1.807) is 0 Å². The van der Waals surface area contributed by atoms with E-state index in [1.165, 1.54) is 0 Å². The largest absolute Gasteiger partial charge is 0.304 e. The Kier molecular flexibility index (Phi) is 0.909. The van der Waals surface area contributed by atoms with Gasteiger partial charge in [0.15, 0.2) is 0 Å². The van der Waals surface area contributed by atoms with Crippen molar-refractivity contribution < 1.29 is 0 Å². The van der Waals surface area contributed by atoms with Crippen molar-refractivity contribution in [3.05, 3.63) is 36.2 Å². The number of nitrogens with zero attached hydrogens (tertiary/aromatic N) is 2. The van der Waals surface area contributed by atoms with Crippen molar-refractivity contribution in [1.29, 1.82) is 0 Å². The quantitative estimate of drug-likeness (QED) is 0.569. The molecular formula is C9H9N3. The molecule has 0 saturated carbocycles. The van der Waals surface area contributed by atoms with Crippen LogP contribution in [-0.4, -0.2) is 16.9 Å². The van der Waals surface area contributed by atoms with Crippen molar-refractivity contribution in [3.8, 4) is 0 Å². The number of hydrogen-bond acceptors (Lipinski definition) is 3. The zero-order chi connectivity index (χ0) is 8.02. The highest BCUT2D eigenvalue weighted by atomic mass is 15.6. The molecule has 1 aliphatic carbocycles. The van der Waals surface area contributed by atoms with Crippen molar-refractivity contribution in [2.24, 2.45) is 4.99 Å². The first-order valence-corrected chi connectivity index (χ1v) is 4.07. The second kappa shape index (κ2) is 1.80. The van der Waals surface area contributed by atoms with Crippen LogP contribution in [0.25, 0.3) is 0 Å². The number of hydrogen-bond donors (Lipinski definition) is 1. The van der Waals surface area contributed by atoms with Crippen molar-refractivity contribution in [2.45, 2.75) is 12.0 Å². The molecule has 3 aliphatic rings. The van der Waals surface area contributed by atoms with E-state index in [0.717, 1.165) is 12.1 Å². The summed E-state index contributed by atoms with van der Waals surface area (Å²) in [5.74, 6) is 0. The molecule has 12 heavy (non-hydrogen) atoms. The Hall–Kier alpha value is -1.51. The van der Waals surface area contributed by atoms with Gasteiger partial charge in [0.1, 0.15) is 11.9 Å². The lowest BCUT2D eigenvalue weighted by molar-refractivity contribution is 0.273. The van der Waals surface area contributed by atoms with Gasteiger partial charge in [0.2, 0.25) is 0 Å². The minimum atomic E-state index is -0.00521. The zero-order valence-corrected chi connectivity index (χ0v) is 6.57. The van der Waals surface area contributed by atoms with Gasteiger partial charge in [-0.2, -0.15) is 0 Å². The standard InChI is InChI=1S/C9H9N3/c1-2-4-9-5-6-11-12(9)7-10-8(9)3-1/h1-3,5-7,11H,4H2. The topological polar surface area (TPSA) is 27.6 Å². The Balaban J connectivity index is 2.16. The van der Waals surface area contributed by atoms with Gasteiger partial charge >= 0.3 is 0 Å². The van der Waals surface area contributed by atoms with Crippen LogP contribution in [-0.2, 0) is 0 Å². The van der Waals surface area contributed by atoms with Gasteiger partial charge in [0, 0.05) is 12.6 Å². The van der Waals surface area contributed by atoms with Crippen LogP contribution in [0, 0.1) is 0 Å². The lowest BCUT2D eigenvalue weighted by atomic mass is 9.89. The SMILES string of the molecule is C1=CCC23C=CNN2C=NC3=C1. The van der Waals surface area contributed by atoms with Crippen LogP contribution in [0.5, 0.6) is 0 Å². The van der Waals surface area contributed by atoms with Crippen LogP contribution < -0.4 is 5.43 Å². The summed E-state index contributed by atoms with van der Waals surface area (Å²) in [6.45, 7) is 0. The first-order valence-electron chi connectivity index (χ1n) is 4.07. The molecule has 0 aromatic heterocycles. The van der Waals surface area contributed by atoms with Gasteiger partial charge < -0.3 is 5.43 Å². The molecule has 1 spiro atoms. The van der Waals surface area contributed by atoms with E-state index in [4.69, 9.17) is 0 Å². The fourth-order valence-corrected chi connectivity index (χ4v) is 1.89. The predicted octanol–water partition coefficient (Wildman–Crippen LogP) is 0.945. The highest BCUT2D eigenvalue weighted by molar-refractivity contribution is 5.68. The van der Waals surface area contributed by atoms with E-state index in [1.807, 2.05) is 17.5 Å². The van der Waals surface area contributed by atoms with Crippen LogP contribution >= 0.6 is 0 Å². The Morgan fingerprint density at radius 1 is 1.58 bits per heavy atom. The van der Waals surface area contributed by atoms with Gasteiger partial charge in [-0.1, -0.05) is 12.2 Å². The Morgan fingerprint density at radius 2 is 2.58 bits per heavy atom. The van der Waals surface area contributed by atoms with E-state index in [9.17, 15) is 0 Å². The average molecular weight is 159 g/mol. The number of rotatable bonds is 0. The van der Waals surface area contributed by atoms with Gasteiger partial charge in [-0.05, 0) is 12.2 Å². The van der Waals surface area contributed by atoms with E-state index in [0.29, 0.717) is 0 Å². The van der Waals surface area contributed by atoms with E-state index >= 15 is 0 Å². The molecule has 3 rings (SSSR count). The van der Waals surface area contributed by atoms with Gasteiger partial charge in [-0.15, -0.1) is 0 Å². The Bertz CT molecular complexity index is 338. The van der Waals surface area contributed by atoms with Crippen molar-refractivity contribution in [3.63, 3.8) is 0 Å². The molecule has 2 aliphatic heterocycles. The van der Waals surface area contributed by atoms with E-state index < -0.39 is 0 Å². The van der Waals surface area contributed by atoms with Crippen LogP contribution in [0.2, 0.25) is 0 Å². The molecule has 60 valence electrons. The molecule has 0 saturated heterocycles. The maximum absolute atomic E-state index is 4.33. The lowest BCUT2D eigenvalue weighted by Gasteiger charge is -2.31. The smallest absolute Gasteiger partial charge is 0.127 e. The molecular weight excluding hydrogens is 150 g/mol. The maximum atomic E-state index is 4.33. The third-order valence-corrected chi connectivity index (χ3v) is 2.58. The van der Waals surface area contributed by atoms with Crippen LogP contribution in [0.3, 0.4) is 0 Å². The summed E-state index contributed by atoms with van der Waals surface area (Å²) in [5.41, 5.74) is 4.26. The average Bonchev–Trinajstić information content (AvgIpc) is 2.59. The highest BCUT2D eigenvalue weighted by Crippen LogP contribution is 2.38. The molecule has 3 heteroatoms. The molecule has 1 N–H and O–H groups in total. The van der Waals surface area contributed by atoms with Crippen LogP contribution in [0.4, 0.5) is 0 Å². The van der Waals surface area contributed by atoms with E-state index in [2.05, 4.69) is 34.7 Å². The molecule has 0 bridgehead atoms. The molecule has 0 aromatic carbocycles. The third kappa shape index (κ3) is 0.512. The summed E-state index contributed by atoms with van der Waals surface area (Å²) < 4.78 is 0. The fourth-order valence-electron chi connectivity index (χ4n) is 1.89. The zero-order valence-electron chi connectivity index (χ0n) is 6.57. The second-order valence-corrected chi connectivity index (χ2v) is 3.19. The molecule has 0 amide bonds. The highest BCUT2D eigenvalue weighted by Gasteiger charge is 2.43. The van der Waals surface area contributed by atoms with Gasteiger partial charge in [-0.3, -0.25) is 5.01 Å². The van der Waals surface area contributed by atoms with Crippen LogP contribution in [0.1, 0.15) is 6.42 Å². The second-order valence-electron chi connectivity index (χ2n) is 3.19. The van der Waals surface area contributed by atoms with Gasteiger partial charge in [0.05, 0.1) is 5.70 Å². The first kappa shape index (κ1) is 6.06. The Labute approximate surface area is 70.7 Å². The maximum Gasteiger partial charge on any atom is 0.127 e. The molecule has 0 aromatic rings. The number of allylic oxidation sites excluding steroid dienone is 2. The normalized spacial score (nSPS) is 34.7. The monoisotopic (exact) mass is 159 g/mol. The minimum Gasteiger partial charge on any atom is -0.304 e. The summed E-state index contributed by atoms with van der Waals surface area (Å²) in [5, 5.41) is 2.04. The van der Waals surface area contributed by atoms with Crippen LogP contribution in [0.15, 0.2) is 41.2 Å². The Morgan fingerprint density at radius 3 is 3.58 bits per heavy atom. The predicted molar refractivity (Wildman–Crippen MR) is 47.2 cm³/mol.